The third-order valence-corrected chi connectivity index (χ3v) is 12.6. The zero-order valence-electron chi connectivity index (χ0n) is 30.8. The third-order valence-electron chi connectivity index (χ3n) is 11.5. The van der Waals surface area contributed by atoms with E-state index in [4.69, 9.17) is 19.4 Å². The molecular formula is C51H29N5OS. The normalized spacial score (nSPS) is 12.4. The van der Waals surface area contributed by atoms with Crippen molar-refractivity contribution in [3.63, 3.8) is 0 Å². The van der Waals surface area contributed by atoms with E-state index in [1.807, 2.05) is 24.3 Å². The van der Waals surface area contributed by atoms with Gasteiger partial charge in [-0.05, 0) is 77.5 Å². The highest BCUT2D eigenvalue weighted by molar-refractivity contribution is 7.99. The largest absolute Gasteiger partial charge is 0.456 e. The second-order valence-electron chi connectivity index (χ2n) is 14.8. The predicted molar refractivity (Wildman–Crippen MR) is 236 cm³/mol. The lowest BCUT2D eigenvalue weighted by molar-refractivity contribution is 0.669. The lowest BCUT2D eigenvalue weighted by Crippen LogP contribution is -2.06. The lowest BCUT2D eigenvalue weighted by Gasteiger charge is -2.22. The van der Waals surface area contributed by atoms with Gasteiger partial charge in [0.2, 0.25) is 0 Å². The van der Waals surface area contributed by atoms with Crippen LogP contribution < -0.4 is 0 Å². The van der Waals surface area contributed by atoms with Crippen LogP contribution in [0.4, 0.5) is 0 Å². The van der Waals surface area contributed by atoms with Gasteiger partial charge in [-0.3, -0.25) is 9.13 Å². The number of benzene rings is 8. The topological polar surface area (TPSA) is 61.7 Å². The van der Waals surface area contributed by atoms with Crippen LogP contribution in [0, 0.1) is 0 Å². The first kappa shape index (κ1) is 31.7. The van der Waals surface area contributed by atoms with E-state index in [1.54, 1.807) is 11.8 Å². The number of furan rings is 1. The minimum absolute atomic E-state index is 0.590. The molecule has 1 aliphatic rings. The van der Waals surface area contributed by atoms with Crippen LogP contribution in [0.25, 0.3) is 111 Å². The van der Waals surface area contributed by atoms with Crippen molar-refractivity contribution in [2.24, 2.45) is 0 Å². The molecule has 1 aliphatic heterocycles. The van der Waals surface area contributed by atoms with E-state index in [-0.39, 0.29) is 0 Å². The Hall–Kier alpha value is -7.48. The van der Waals surface area contributed by atoms with Crippen LogP contribution in [0.2, 0.25) is 0 Å². The zero-order valence-corrected chi connectivity index (χ0v) is 31.6. The molecule has 0 atom stereocenters. The SMILES string of the molecule is c1ccc(-n2c3ccccc3c3c4cccc5c4n(c32)-c2ccc(-c3nc(-c4ccc6ccccc6c4)nc(-c4ccc6c(c4)oc4ccccc46)n3)cc2S5)cc1. The standard InChI is InChI=1S/C51H29N5OS/c1-2-13-35(14-3-1)55-40-18-8-6-16-38(40)46-39-17-10-20-44-47(39)56(51(46)55)41-26-24-34(29-45(41)58-44)50-53-48(32-22-21-30-11-4-5-12-31(30)27-32)52-49(54-50)33-23-25-37-36-15-7-9-19-42(36)57-43(37)28-33/h1-29H. The molecule has 0 aliphatic carbocycles. The summed E-state index contributed by atoms with van der Waals surface area (Å²) in [5.74, 6) is 1.82. The van der Waals surface area contributed by atoms with Gasteiger partial charge >= 0.3 is 0 Å². The van der Waals surface area contributed by atoms with Crippen molar-refractivity contribution < 1.29 is 4.42 Å². The number of hydrogen-bond acceptors (Lipinski definition) is 5. The van der Waals surface area contributed by atoms with Gasteiger partial charge in [0.05, 0.1) is 16.7 Å². The van der Waals surface area contributed by atoms with E-state index in [9.17, 15) is 0 Å². The molecule has 270 valence electrons. The van der Waals surface area contributed by atoms with Gasteiger partial charge < -0.3 is 4.42 Å². The Balaban J connectivity index is 1.03. The quantitative estimate of drug-likeness (QED) is 0.179. The summed E-state index contributed by atoms with van der Waals surface area (Å²) in [7, 11) is 0. The lowest BCUT2D eigenvalue weighted by atomic mass is 10.1. The molecule has 0 radical (unpaired) electrons. The Kier molecular flexibility index (Phi) is 6.56. The maximum atomic E-state index is 6.31. The Morgan fingerprint density at radius 2 is 1.09 bits per heavy atom. The summed E-state index contributed by atoms with van der Waals surface area (Å²) in [6.45, 7) is 0. The fraction of sp³-hybridized carbons (Fsp3) is 0. The summed E-state index contributed by atoms with van der Waals surface area (Å²) in [5.41, 5.74) is 10.2. The first-order chi connectivity index (χ1) is 28.7. The van der Waals surface area contributed by atoms with Crippen molar-refractivity contribution in [1.82, 2.24) is 24.1 Å². The van der Waals surface area contributed by atoms with E-state index in [0.717, 1.165) is 65.9 Å². The Morgan fingerprint density at radius 1 is 0.431 bits per heavy atom. The molecule has 0 saturated carbocycles. The van der Waals surface area contributed by atoms with Crippen molar-refractivity contribution in [2.45, 2.75) is 9.79 Å². The fourth-order valence-electron chi connectivity index (χ4n) is 8.91. The molecule has 0 spiro atoms. The average molecular weight is 760 g/mol. The van der Waals surface area contributed by atoms with E-state index in [0.29, 0.717) is 17.5 Å². The molecule has 8 aromatic carbocycles. The number of nitrogens with zero attached hydrogens (tertiary/aromatic N) is 5. The number of rotatable bonds is 4. The Morgan fingerprint density at radius 3 is 1.95 bits per heavy atom. The summed E-state index contributed by atoms with van der Waals surface area (Å²) in [6, 6.07) is 61.9. The van der Waals surface area contributed by atoms with Crippen molar-refractivity contribution in [1.29, 1.82) is 0 Å². The van der Waals surface area contributed by atoms with Crippen LogP contribution in [0.3, 0.4) is 0 Å². The minimum atomic E-state index is 0.590. The molecule has 0 saturated heterocycles. The molecule has 0 amide bonds. The number of aromatic nitrogens is 5. The highest BCUT2D eigenvalue weighted by Crippen LogP contribution is 2.50. The number of fused-ring (bicyclic) bond motifs is 11. The predicted octanol–water partition coefficient (Wildman–Crippen LogP) is 13.4. The monoisotopic (exact) mass is 759 g/mol. The molecule has 4 aromatic heterocycles. The summed E-state index contributed by atoms with van der Waals surface area (Å²) < 4.78 is 11.2. The van der Waals surface area contributed by atoms with Crippen LogP contribution in [0.15, 0.2) is 190 Å². The summed E-state index contributed by atoms with van der Waals surface area (Å²) in [4.78, 5) is 17.9. The molecule has 0 fully saturated rings. The van der Waals surface area contributed by atoms with Crippen LogP contribution in [0.1, 0.15) is 0 Å². The maximum absolute atomic E-state index is 6.31. The molecular weight excluding hydrogens is 731 g/mol. The van der Waals surface area contributed by atoms with Crippen LogP contribution >= 0.6 is 11.8 Å². The number of para-hydroxylation sites is 4. The van der Waals surface area contributed by atoms with Crippen molar-refractivity contribution in [3.8, 4) is 45.5 Å². The second-order valence-corrected chi connectivity index (χ2v) is 15.9. The zero-order chi connectivity index (χ0) is 37.9. The summed E-state index contributed by atoms with van der Waals surface area (Å²) in [6.07, 6.45) is 0. The molecule has 5 heterocycles. The van der Waals surface area contributed by atoms with Crippen LogP contribution in [-0.4, -0.2) is 24.1 Å². The molecule has 0 bridgehead atoms. The van der Waals surface area contributed by atoms with Gasteiger partial charge in [0.25, 0.3) is 0 Å². The molecule has 12 aromatic rings. The van der Waals surface area contributed by atoms with Crippen molar-refractivity contribution in [3.05, 3.63) is 176 Å². The summed E-state index contributed by atoms with van der Waals surface area (Å²) in [5, 5.41) is 8.21. The van der Waals surface area contributed by atoms with Crippen LogP contribution in [-0.2, 0) is 0 Å². The first-order valence-corrected chi connectivity index (χ1v) is 20.2. The molecule has 13 rings (SSSR count). The number of hydrogen-bond donors (Lipinski definition) is 0. The summed E-state index contributed by atoms with van der Waals surface area (Å²) >= 11 is 1.80. The van der Waals surface area contributed by atoms with Crippen molar-refractivity contribution in [2.75, 3.05) is 0 Å². The highest BCUT2D eigenvalue weighted by Gasteiger charge is 2.28. The highest BCUT2D eigenvalue weighted by atomic mass is 32.2. The fourth-order valence-corrected chi connectivity index (χ4v) is 10.0. The average Bonchev–Trinajstić information content (AvgIpc) is 3.94. The molecule has 0 unspecified atom stereocenters. The van der Waals surface area contributed by atoms with E-state index in [2.05, 4.69) is 161 Å². The van der Waals surface area contributed by atoms with E-state index in [1.165, 1.54) is 37.5 Å². The molecule has 7 heteroatoms. The first-order valence-electron chi connectivity index (χ1n) is 19.4. The molecule has 0 N–H and O–H groups in total. The minimum Gasteiger partial charge on any atom is -0.456 e. The van der Waals surface area contributed by atoms with Crippen molar-refractivity contribution >= 4 is 77.3 Å². The second kappa shape index (κ2) is 12.0. The van der Waals surface area contributed by atoms with Gasteiger partial charge in [0, 0.05) is 59.1 Å². The van der Waals surface area contributed by atoms with Gasteiger partial charge in [-0.15, -0.1) is 0 Å². The van der Waals surface area contributed by atoms with Gasteiger partial charge in [0.15, 0.2) is 17.5 Å². The molecule has 6 nitrogen and oxygen atoms in total. The van der Waals surface area contributed by atoms with E-state index >= 15 is 0 Å². The van der Waals surface area contributed by atoms with Gasteiger partial charge in [-0.1, -0.05) is 121 Å². The Bertz CT molecular complexity index is 3670. The Labute approximate surface area is 335 Å². The van der Waals surface area contributed by atoms with Gasteiger partial charge in [-0.2, -0.15) is 0 Å². The van der Waals surface area contributed by atoms with E-state index < -0.39 is 0 Å². The van der Waals surface area contributed by atoms with Gasteiger partial charge in [0.1, 0.15) is 16.8 Å². The van der Waals surface area contributed by atoms with Gasteiger partial charge in [-0.25, -0.2) is 15.0 Å². The third kappa shape index (κ3) is 4.59. The smallest absolute Gasteiger partial charge is 0.164 e. The van der Waals surface area contributed by atoms with Crippen LogP contribution in [0.5, 0.6) is 0 Å². The molecule has 58 heavy (non-hydrogen) atoms. The maximum Gasteiger partial charge on any atom is 0.164 e.